The Balaban J connectivity index is 2.91. The van der Waals surface area contributed by atoms with Crippen LogP contribution in [0, 0.1) is 0 Å². The highest BCUT2D eigenvalue weighted by atomic mass is 32.2. The molecule has 0 aromatic heterocycles. The lowest BCUT2D eigenvalue weighted by atomic mass is 9.98. The third kappa shape index (κ3) is 4.43. The Labute approximate surface area is 127 Å². The average Bonchev–Trinajstić information content (AvgIpc) is 2.26. The van der Waals surface area contributed by atoms with E-state index in [9.17, 15) is 22.8 Å². The van der Waals surface area contributed by atoms with E-state index in [-0.39, 0.29) is 4.31 Å². The van der Waals surface area contributed by atoms with Crippen LogP contribution in [0.4, 0.5) is 4.79 Å². The fraction of sp³-hybridized carbons (Fsp3) is 0.545. The van der Waals surface area contributed by atoms with Gasteiger partial charge in [0.25, 0.3) is 5.91 Å². The minimum Gasteiger partial charge on any atom is -0.444 e. The normalized spacial score (nSPS) is 22.4. The zero-order valence-corrected chi connectivity index (χ0v) is 13.0. The molecule has 0 radical (unpaired) electrons. The van der Waals surface area contributed by atoms with Crippen LogP contribution in [0.2, 0.25) is 0 Å². The first-order valence-electron chi connectivity index (χ1n) is 6.11. The number of ether oxygens (including phenoxy) is 1. The maximum absolute atomic E-state index is 11.7. The Morgan fingerprint density at radius 1 is 1.41 bits per heavy atom. The highest BCUT2D eigenvalue weighted by molar-refractivity contribution is 7.84. The molecule has 1 fully saturated rings. The quantitative estimate of drug-likeness (QED) is 0.335. The average molecular weight is 335 g/mol. The van der Waals surface area contributed by atoms with E-state index in [2.05, 4.69) is 5.32 Å². The topological polar surface area (TPSA) is 156 Å². The first-order chi connectivity index (χ1) is 9.83. The summed E-state index contributed by atoms with van der Waals surface area (Å²) in [4.78, 5) is 34.1. The van der Waals surface area contributed by atoms with Crippen molar-refractivity contribution in [1.29, 1.82) is 0 Å². The molecule has 11 heteroatoms. The van der Waals surface area contributed by atoms with Crippen molar-refractivity contribution in [3.63, 3.8) is 0 Å². The number of rotatable bonds is 4. The van der Waals surface area contributed by atoms with Gasteiger partial charge >= 0.3 is 16.4 Å². The van der Waals surface area contributed by atoms with Crippen molar-refractivity contribution < 1.29 is 32.1 Å². The molecular formula is C11H17N3O7S. The number of carbonyl (C=O) groups excluding carboxylic acids is 3. The lowest BCUT2D eigenvalue weighted by molar-refractivity contribution is -0.140. The van der Waals surface area contributed by atoms with Gasteiger partial charge in [0.1, 0.15) is 11.6 Å². The molecule has 1 heterocycles. The zero-order chi connectivity index (χ0) is 17.3. The monoisotopic (exact) mass is 335 g/mol. The van der Waals surface area contributed by atoms with Gasteiger partial charge in [-0.2, -0.15) is 8.42 Å². The summed E-state index contributed by atoms with van der Waals surface area (Å²) in [5.74, 6) is -1.95. The van der Waals surface area contributed by atoms with Gasteiger partial charge in [-0.15, -0.1) is 0 Å². The van der Waals surface area contributed by atoms with Crippen molar-refractivity contribution in [2.24, 2.45) is 5.73 Å². The number of carbonyl (C=O) groups is 3. The van der Waals surface area contributed by atoms with Crippen LogP contribution < -0.4 is 11.1 Å². The second kappa shape index (κ2) is 5.93. The smallest absolute Gasteiger partial charge is 0.408 e. The molecule has 0 unspecified atom stereocenters. The number of alkyl carbamates (subject to hydrolysis) is 1. The number of amides is 3. The minimum atomic E-state index is -4.83. The summed E-state index contributed by atoms with van der Waals surface area (Å²) in [5, 5.41) is 2.17. The standard InChI is InChI=1S/C11H17N3O7S/c1-11(2,3)21-10(17)13-8-6(4-5-7(12)15)14(9(8)16)22(18,19)20/h4-6,8H,1-3H3,(H2,12,15)(H,13,17)(H,18,19,20)/b5-4+/t6-,8-/m1/s1. The number of β-lactam (4-membered cyclic amide) rings is 1. The van der Waals surface area contributed by atoms with Gasteiger partial charge in [0.15, 0.2) is 0 Å². The van der Waals surface area contributed by atoms with Crippen molar-refractivity contribution in [2.75, 3.05) is 0 Å². The van der Waals surface area contributed by atoms with Gasteiger partial charge in [-0.25, -0.2) is 9.10 Å². The largest absolute Gasteiger partial charge is 0.444 e. The van der Waals surface area contributed by atoms with E-state index in [0.29, 0.717) is 0 Å². The molecular weight excluding hydrogens is 318 g/mol. The fourth-order valence-corrected chi connectivity index (χ4v) is 2.56. The number of hydrogen-bond acceptors (Lipinski definition) is 6. The molecule has 3 amide bonds. The third-order valence-electron chi connectivity index (χ3n) is 2.47. The number of nitrogens with two attached hydrogens (primary N) is 1. The predicted molar refractivity (Wildman–Crippen MR) is 73.7 cm³/mol. The van der Waals surface area contributed by atoms with Crippen LogP contribution >= 0.6 is 0 Å². The summed E-state index contributed by atoms with van der Waals surface area (Å²) in [6.45, 7) is 4.80. The number of hydrogen-bond donors (Lipinski definition) is 3. The summed E-state index contributed by atoms with van der Waals surface area (Å²) in [6.07, 6.45) is 0.858. The van der Waals surface area contributed by atoms with E-state index in [1.807, 2.05) is 0 Å². The Hall–Kier alpha value is -2.14. The lowest BCUT2D eigenvalue weighted by Crippen LogP contribution is -2.71. The summed E-state index contributed by atoms with van der Waals surface area (Å²) >= 11 is 0. The molecule has 0 aromatic rings. The highest BCUT2D eigenvalue weighted by Gasteiger charge is 2.53. The van der Waals surface area contributed by atoms with Crippen LogP contribution in [0.15, 0.2) is 12.2 Å². The van der Waals surface area contributed by atoms with E-state index in [0.717, 1.165) is 12.2 Å². The molecule has 1 rings (SSSR count). The molecule has 0 bridgehead atoms. The van der Waals surface area contributed by atoms with Crippen molar-refractivity contribution in [1.82, 2.24) is 9.62 Å². The summed E-state index contributed by atoms with van der Waals surface area (Å²) in [7, 11) is -4.83. The van der Waals surface area contributed by atoms with Gasteiger partial charge in [-0.1, -0.05) is 6.08 Å². The van der Waals surface area contributed by atoms with Crippen LogP contribution in [0.5, 0.6) is 0 Å². The molecule has 124 valence electrons. The van der Waals surface area contributed by atoms with Crippen LogP contribution in [-0.4, -0.2) is 52.9 Å². The lowest BCUT2D eigenvalue weighted by Gasteiger charge is -2.42. The molecule has 1 saturated heterocycles. The molecule has 22 heavy (non-hydrogen) atoms. The predicted octanol–water partition coefficient (Wildman–Crippen LogP) is -1.07. The van der Waals surface area contributed by atoms with Crippen molar-refractivity contribution >= 4 is 28.2 Å². The van der Waals surface area contributed by atoms with Crippen molar-refractivity contribution in [2.45, 2.75) is 38.5 Å². The first kappa shape index (κ1) is 17.9. The Morgan fingerprint density at radius 2 is 1.95 bits per heavy atom. The van der Waals surface area contributed by atoms with Gasteiger partial charge < -0.3 is 15.8 Å². The van der Waals surface area contributed by atoms with Crippen LogP contribution in [0.1, 0.15) is 20.8 Å². The third-order valence-corrected chi connectivity index (χ3v) is 3.39. The van der Waals surface area contributed by atoms with E-state index in [4.69, 9.17) is 15.0 Å². The Morgan fingerprint density at radius 3 is 2.36 bits per heavy atom. The van der Waals surface area contributed by atoms with Crippen molar-refractivity contribution in [3.8, 4) is 0 Å². The molecule has 1 aliphatic heterocycles. The fourth-order valence-electron chi connectivity index (χ4n) is 1.72. The second-order valence-corrected chi connectivity index (χ2v) is 6.78. The maximum atomic E-state index is 11.7. The van der Waals surface area contributed by atoms with E-state index in [1.54, 1.807) is 20.8 Å². The van der Waals surface area contributed by atoms with Gasteiger partial charge in [-0.05, 0) is 20.8 Å². The molecule has 10 nitrogen and oxygen atoms in total. The van der Waals surface area contributed by atoms with Crippen LogP contribution in [-0.2, 0) is 24.6 Å². The highest BCUT2D eigenvalue weighted by Crippen LogP contribution is 2.25. The Kier molecular flexibility index (Phi) is 4.82. The molecule has 1 aliphatic rings. The number of primary amides is 1. The van der Waals surface area contributed by atoms with E-state index in [1.165, 1.54) is 0 Å². The molecule has 0 aromatic carbocycles. The van der Waals surface area contributed by atoms with E-state index < -0.39 is 45.9 Å². The van der Waals surface area contributed by atoms with Crippen LogP contribution in [0.3, 0.4) is 0 Å². The molecule has 0 spiro atoms. The SMILES string of the molecule is CC(C)(C)OC(=O)N[C@H]1C(=O)N(S(=O)(=O)O)[C@@H]1/C=C/C(N)=O. The summed E-state index contributed by atoms with van der Waals surface area (Å²) in [5.41, 5.74) is 4.06. The maximum Gasteiger partial charge on any atom is 0.408 e. The van der Waals surface area contributed by atoms with Gasteiger partial charge in [0.2, 0.25) is 5.91 Å². The number of nitrogens with one attached hydrogen (secondary N) is 1. The van der Waals surface area contributed by atoms with Gasteiger partial charge in [-0.3, -0.25) is 14.1 Å². The molecule has 0 aliphatic carbocycles. The molecule has 0 saturated carbocycles. The molecule has 2 atom stereocenters. The minimum absolute atomic E-state index is 0.120. The van der Waals surface area contributed by atoms with Gasteiger partial charge in [0, 0.05) is 6.08 Å². The van der Waals surface area contributed by atoms with E-state index >= 15 is 0 Å². The van der Waals surface area contributed by atoms with Gasteiger partial charge in [0.05, 0.1) is 6.04 Å². The number of nitrogens with zero attached hydrogens (tertiary/aromatic N) is 1. The molecule has 4 N–H and O–H groups in total. The summed E-state index contributed by atoms with van der Waals surface area (Å²) < 4.78 is 36.2. The summed E-state index contributed by atoms with van der Waals surface area (Å²) in [6, 6.07) is -2.57. The Bertz CT molecular complexity index is 620. The van der Waals surface area contributed by atoms with Crippen molar-refractivity contribution in [3.05, 3.63) is 12.2 Å². The zero-order valence-electron chi connectivity index (χ0n) is 12.1. The first-order valence-corrected chi connectivity index (χ1v) is 7.50. The second-order valence-electron chi connectivity index (χ2n) is 5.49. The van der Waals surface area contributed by atoms with Crippen LogP contribution in [0.25, 0.3) is 0 Å².